The number of fused-ring (bicyclic) bond motifs is 1. The molecule has 1 aliphatic rings. The van der Waals surface area contributed by atoms with Crippen LogP contribution in [-0.2, 0) is 11.8 Å². The molecular weight excluding hydrogens is 433 g/mol. The molecule has 0 aliphatic heterocycles. The van der Waals surface area contributed by atoms with Gasteiger partial charge in [-0.05, 0) is 69.7 Å². The second-order valence-electron chi connectivity index (χ2n) is 9.40. The summed E-state index contributed by atoms with van der Waals surface area (Å²) < 4.78 is 40.9. The van der Waals surface area contributed by atoms with Gasteiger partial charge in [0.15, 0.2) is 0 Å². The molecule has 3 aromatic rings. The van der Waals surface area contributed by atoms with Crippen molar-refractivity contribution in [3.63, 3.8) is 0 Å². The zero-order valence-corrected chi connectivity index (χ0v) is 18.8. The number of anilines is 1. The maximum absolute atomic E-state index is 13.0. The first-order valence-corrected chi connectivity index (χ1v) is 11.0. The van der Waals surface area contributed by atoms with Gasteiger partial charge in [0.2, 0.25) is 0 Å². The van der Waals surface area contributed by atoms with Crippen molar-refractivity contribution in [3.8, 4) is 0 Å². The van der Waals surface area contributed by atoms with Crippen LogP contribution in [0.15, 0.2) is 36.5 Å². The first-order chi connectivity index (χ1) is 15.4. The van der Waals surface area contributed by atoms with E-state index in [1.54, 1.807) is 26.0 Å². The summed E-state index contributed by atoms with van der Waals surface area (Å²) in [5, 5.41) is 18.8. The first-order valence-electron chi connectivity index (χ1n) is 11.0. The van der Waals surface area contributed by atoms with Crippen molar-refractivity contribution in [1.82, 2.24) is 14.8 Å². The summed E-state index contributed by atoms with van der Waals surface area (Å²) in [5.74, 6) is -0.0917. The van der Waals surface area contributed by atoms with E-state index < -0.39 is 23.4 Å². The highest BCUT2D eigenvalue weighted by atomic mass is 19.4. The number of alkyl halides is 3. The molecule has 0 unspecified atom stereocenters. The van der Waals surface area contributed by atoms with Crippen LogP contribution in [0.25, 0.3) is 10.9 Å². The predicted molar refractivity (Wildman–Crippen MR) is 119 cm³/mol. The van der Waals surface area contributed by atoms with Gasteiger partial charge in [0.05, 0.1) is 17.2 Å². The van der Waals surface area contributed by atoms with Crippen LogP contribution in [0.2, 0.25) is 0 Å². The van der Waals surface area contributed by atoms with Gasteiger partial charge < -0.3 is 10.4 Å². The van der Waals surface area contributed by atoms with Crippen molar-refractivity contribution in [3.05, 3.63) is 53.5 Å². The number of nitrogens with zero attached hydrogens (tertiary/aromatic N) is 3. The molecule has 0 radical (unpaired) electrons. The van der Waals surface area contributed by atoms with Gasteiger partial charge in [-0.25, -0.2) is 4.98 Å². The summed E-state index contributed by atoms with van der Waals surface area (Å²) >= 11 is 0. The highest BCUT2D eigenvalue weighted by Gasteiger charge is 2.33. The SMILES string of the molecule is CC1CCC(n2cc3cc(C(C)(C)O)c(NC(=O)c4cccc(C(F)(F)F)n4)cc3n2)CC1. The minimum atomic E-state index is -4.66. The van der Waals surface area contributed by atoms with E-state index in [2.05, 4.69) is 17.2 Å². The topological polar surface area (TPSA) is 80.0 Å². The fourth-order valence-electron chi connectivity index (χ4n) is 4.30. The Morgan fingerprint density at radius 3 is 2.48 bits per heavy atom. The molecule has 6 nitrogen and oxygen atoms in total. The summed E-state index contributed by atoms with van der Waals surface area (Å²) in [6, 6.07) is 6.87. The van der Waals surface area contributed by atoms with E-state index in [0.717, 1.165) is 43.2 Å². The number of benzene rings is 1. The molecule has 2 heterocycles. The Morgan fingerprint density at radius 1 is 1.15 bits per heavy atom. The molecule has 2 N–H and O–H groups in total. The maximum Gasteiger partial charge on any atom is 0.433 e. The summed E-state index contributed by atoms with van der Waals surface area (Å²) in [4.78, 5) is 16.2. The first kappa shape index (κ1) is 23.2. The number of hydrogen-bond acceptors (Lipinski definition) is 4. The number of pyridine rings is 1. The van der Waals surface area contributed by atoms with Crippen LogP contribution in [0.4, 0.5) is 18.9 Å². The Labute approximate surface area is 189 Å². The zero-order chi connectivity index (χ0) is 24.0. The highest BCUT2D eigenvalue weighted by Crippen LogP contribution is 2.35. The number of halogens is 3. The van der Waals surface area contributed by atoms with Crippen LogP contribution < -0.4 is 5.32 Å². The standard InChI is InChI=1S/C24H27F3N4O2/c1-14-7-9-16(10-8-14)31-13-15-11-17(23(2,3)33)20(12-19(15)30-31)29-22(32)18-5-4-6-21(28-18)24(25,26)27/h4-6,11-14,16,33H,7-10H2,1-3H3,(H,29,32). The molecule has 176 valence electrons. The molecule has 0 saturated heterocycles. The quantitative estimate of drug-likeness (QED) is 0.525. The van der Waals surface area contributed by atoms with E-state index in [0.29, 0.717) is 23.0 Å². The molecule has 4 rings (SSSR count). The summed E-state index contributed by atoms with van der Waals surface area (Å²) in [5.41, 5.74) is -1.47. The molecule has 9 heteroatoms. The second-order valence-corrected chi connectivity index (χ2v) is 9.40. The minimum Gasteiger partial charge on any atom is -0.386 e. The van der Waals surface area contributed by atoms with Crippen molar-refractivity contribution >= 4 is 22.5 Å². The van der Waals surface area contributed by atoms with E-state index in [9.17, 15) is 23.1 Å². The monoisotopic (exact) mass is 460 g/mol. The van der Waals surface area contributed by atoms with E-state index in [4.69, 9.17) is 5.10 Å². The second kappa shape index (κ2) is 8.44. The molecule has 33 heavy (non-hydrogen) atoms. The van der Waals surface area contributed by atoms with Gasteiger partial charge in [-0.15, -0.1) is 0 Å². The maximum atomic E-state index is 13.0. The molecule has 1 aromatic carbocycles. The lowest BCUT2D eigenvalue weighted by molar-refractivity contribution is -0.141. The highest BCUT2D eigenvalue weighted by molar-refractivity contribution is 6.04. The molecule has 2 aromatic heterocycles. The molecule has 0 atom stereocenters. The third-order valence-corrected chi connectivity index (χ3v) is 6.20. The predicted octanol–water partition coefficient (Wildman–Crippen LogP) is 5.68. The Bertz CT molecular complexity index is 1170. The number of amides is 1. The molecule has 0 bridgehead atoms. The lowest BCUT2D eigenvalue weighted by atomic mass is 9.87. The number of hydrogen-bond donors (Lipinski definition) is 2. The van der Waals surface area contributed by atoms with Gasteiger partial charge in [0, 0.05) is 22.8 Å². The van der Waals surface area contributed by atoms with Crippen molar-refractivity contribution < 1.29 is 23.1 Å². The minimum absolute atomic E-state index is 0.279. The zero-order valence-electron chi connectivity index (χ0n) is 18.8. The number of rotatable bonds is 4. The van der Waals surface area contributed by atoms with Crippen LogP contribution in [0, 0.1) is 5.92 Å². The molecule has 1 aliphatic carbocycles. The van der Waals surface area contributed by atoms with Gasteiger partial charge in [-0.3, -0.25) is 9.48 Å². The van der Waals surface area contributed by atoms with E-state index >= 15 is 0 Å². The molecule has 1 amide bonds. The largest absolute Gasteiger partial charge is 0.433 e. The Hall–Kier alpha value is -2.94. The number of aromatic nitrogens is 3. The van der Waals surface area contributed by atoms with Gasteiger partial charge >= 0.3 is 6.18 Å². The Morgan fingerprint density at radius 2 is 1.85 bits per heavy atom. The Kier molecular flexibility index (Phi) is 5.94. The number of aliphatic hydroxyl groups is 1. The van der Waals surface area contributed by atoms with E-state index in [1.807, 2.05) is 10.9 Å². The van der Waals surface area contributed by atoms with Gasteiger partial charge in [-0.1, -0.05) is 13.0 Å². The van der Waals surface area contributed by atoms with Crippen molar-refractivity contribution in [2.45, 2.75) is 64.3 Å². The van der Waals surface area contributed by atoms with Crippen LogP contribution >= 0.6 is 0 Å². The average Bonchev–Trinajstić information content (AvgIpc) is 3.15. The number of carbonyl (C=O) groups is 1. The van der Waals surface area contributed by atoms with Crippen LogP contribution in [0.5, 0.6) is 0 Å². The summed E-state index contributed by atoms with van der Waals surface area (Å²) in [6.07, 6.45) is 1.65. The normalized spacial score (nSPS) is 19.6. The fourth-order valence-corrected chi connectivity index (χ4v) is 4.30. The van der Waals surface area contributed by atoms with Gasteiger partial charge in [0.25, 0.3) is 5.91 Å². The van der Waals surface area contributed by atoms with Crippen molar-refractivity contribution in [2.24, 2.45) is 5.92 Å². The molecule has 0 spiro atoms. The van der Waals surface area contributed by atoms with Gasteiger partial charge in [0.1, 0.15) is 11.4 Å². The third-order valence-electron chi connectivity index (χ3n) is 6.20. The lowest BCUT2D eigenvalue weighted by Gasteiger charge is -2.26. The fraction of sp³-hybridized carbons (Fsp3) is 0.458. The summed E-state index contributed by atoms with van der Waals surface area (Å²) in [6.45, 7) is 5.41. The van der Waals surface area contributed by atoms with E-state index in [1.165, 1.54) is 6.07 Å². The lowest BCUT2D eigenvalue weighted by Crippen LogP contribution is -2.22. The van der Waals surface area contributed by atoms with Crippen LogP contribution in [0.1, 0.15) is 74.2 Å². The van der Waals surface area contributed by atoms with Crippen LogP contribution in [-0.4, -0.2) is 25.8 Å². The Balaban J connectivity index is 1.68. The number of carbonyl (C=O) groups excluding carboxylic acids is 1. The average molecular weight is 461 g/mol. The van der Waals surface area contributed by atoms with Gasteiger partial charge in [-0.2, -0.15) is 18.3 Å². The summed E-state index contributed by atoms with van der Waals surface area (Å²) in [7, 11) is 0. The molecular formula is C24H27F3N4O2. The van der Waals surface area contributed by atoms with Crippen LogP contribution in [0.3, 0.4) is 0 Å². The smallest absolute Gasteiger partial charge is 0.386 e. The van der Waals surface area contributed by atoms with Crippen molar-refractivity contribution in [1.29, 1.82) is 0 Å². The number of nitrogens with one attached hydrogen (secondary N) is 1. The third kappa shape index (κ3) is 5.03. The van der Waals surface area contributed by atoms with Crippen molar-refractivity contribution in [2.75, 3.05) is 5.32 Å². The molecule has 1 fully saturated rings. The molecule has 1 saturated carbocycles. The van der Waals surface area contributed by atoms with E-state index in [-0.39, 0.29) is 11.4 Å².